The van der Waals surface area contributed by atoms with Crippen LogP contribution in [0.1, 0.15) is 12.0 Å². The topological polar surface area (TPSA) is 58.9 Å². The molecule has 0 unspecified atom stereocenters. The molecule has 2 saturated heterocycles. The fourth-order valence-corrected chi connectivity index (χ4v) is 5.41. The van der Waals surface area contributed by atoms with Crippen LogP contribution in [0, 0.1) is 0 Å². The molecule has 2 heterocycles. The first kappa shape index (κ1) is 16.7. The summed E-state index contributed by atoms with van der Waals surface area (Å²) in [6, 6.07) is 7.57. The fraction of sp³-hybridized carbons (Fsp3) is 0.562. The summed E-state index contributed by atoms with van der Waals surface area (Å²) in [6.07, 6.45) is 1.15. The van der Waals surface area contributed by atoms with Crippen LogP contribution in [0.4, 0.5) is 0 Å². The number of benzene rings is 1. The number of amides is 1. The maximum atomic E-state index is 12.4. The zero-order valence-electron chi connectivity index (χ0n) is 13.0. The van der Waals surface area contributed by atoms with Crippen molar-refractivity contribution in [1.29, 1.82) is 0 Å². The van der Waals surface area contributed by atoms with Gasteiger partial charge in [-0.25, -0.2) is 8.42 Å². The van der Waals surface area contributed by atoms with Gasteiger partial charge in [-0.3, -0.25) is 4.79 Å². The van der Waals surface area contributed by atoms with Crippen molar-refractivity contribution in [2.24, 2.45) is 0 Å². The van der Waals surface area contributed by atoms with Crippen molar-refractivity contribution in [3.63, 3.8) is 0 Å². The van der Waals surface area contributed by atoms with Crippen molar-refractivity contribution in [1.82, 2.24) is 4.90 Å². The number of halogens is 1. The molecule has 3 rings (SSSR count). The second kappa shape index (κ2) is 6.79. The number of piperazine rings is 1. The molecule has 1 aromatic carbocycles. The van der Waals surface area contributed by atoms with Gasteiger partial charge in [0, 0.05) is 11.4 Å². The molecule has 0 saturated carbocycles. The Morgan fingerprint density at radius 1 is 1.22 bits per heavy atom. The molecular weight excluding hydrogens is 336 g/mol. The van der Waals surface area contributed by atoms with Gasteiger partial charge in [-0.2, -0.15) is 0 Å². The molecule has 23 heavy (non-hydrogen) atoms. The van der Waals surface area contributed by atoms with Crippen molar-refractivity contribution >= 4 is 27.3 Å². The molecule has 1 amide bonds. The zero-order chi connectivity index (χ0) is 16.4. The molecule has 1 atom stereocenters. The number of nitrogens with zero attached hydrogens (tertiary/aromatic N) is 1. The first-order valence-corrected chi connectivity index (χ1v) is 10.2. The van der Waals surface area contributed by atoms with Crippen molar-refractivity contribution in [2.45, 2.75) is 18.9 Å². The molecule has 1 aromatic rings. The van der Waals surface area contributed by atoms with Crippen LogP contribution < -0.4 is 4.90 Å². The Morgan fingerprint density at radius 3 is 2.43 bits per heavy atom. The Labute approximate surface area is 142 Å². The maximum Gasteiger partial charge on any atom is 0.227 e. The molecule has 7 heteroatoms. The minimum absolute atomic E-state index is 0.130. The van der Waals surface area contributed by atoms with Crippen molar-refractivity contribution < 1.29 is 18.1 Å². The van der Waals surface area contributed by atoms with Gasteiger partial charge in [0.25, 0.3) is 0 Å². The van der Waals surface area contributed by atoms with Gasteiger partial charge in [-0.05, 0) is 17.7 Å². The first-order valence-electron chi connectivity index (χ1n) is 8.00. The van der Waals surface area contributed by atoms with Gasteiger partial charge in [0.2, 0.25) is 5.91 Å². The molecule has 2 aliphatic heterocycles. The lowest BCUT2D eigenvalue weighted by Crippen LogP contribution is -3.18. The van der Waals surface area contributed by atoms with Gasteiger partial charge in [0.05, 0.1) is 38.4 Å². The van der Waals surface area contributed by atoms with Gasteiger partial charge in [0.15, 0.2) is 9.84 Å². The van der Waals surface area contributed by atoms with Gasteiger partial charge in [-0.1, -0.05) is 23.7 Å². The Hall–Kier alpha value is -1.11. The molecule has 1 N–H and O–H groups in total. The Kier molecular flexibility index (Phi) is 4.94. The number of carbonyl (C=O) groups is 1. The Balaban J connectivity index is 1.50. The van der Waals surface area contributed by atoms with Crippen LogP contribution in [0.2, 0.25) is 5.02 Å². The van der Waals surface area contributed by atoms with E-state index in [4.69, 9.17) is 11.6 Å². The standard InChI is InChI=1S/C16H21ClN2O3S/c17-14-3-1-13(2-4-14)11-16(20)19-8-6-18(7-9-19)15-5-10-23(21,22)12-15/h1-4,15H,5-12H2/p+1/t15-/m1/s1. The Bertz CT molecular complexity index is 667. The summed E-state index contributed by atoms with van der Waals surface area (Å²) in [5.41, 5.74) is 0.969. The lowest BCUT2D eigenvalue weighted by molar-refractivity contribution is -0.925. The van der Waals surface area contributed by atoms with E-state index in [9.17, 15) is 13.2 Å². The SMILES string of the molecule is O=C(Cc1ccc(Cl)cc1)N1CC[NH+]([C@@H]2CCS(=O)(=O)C2)CC1. The summed E-state index contributed by atoms with van der Waals surface area (Å²) in [5, 5.41) is 0.671. The number of nitrogens with one attached hydrogen (secondary N) is 1. The van der Waals surface area contributed by atoms with E-state index in [-0.39, 0.29) is 11.9 Å². The van der Waals surface area contributed by atoms with E-state index >= 15 is 0 Å². The molecule has 0 aromatic heterocycles. The van der Waals surface area contributed by atoms with E-state index in [0.717, 1.165) is 25.1 Å². The molecule has 126 valence electrons. The molecule has 5 nitrogen and oxygen atoms in total. The highest BCUT2D eigenvalue weighted by molar-refractivity contribution is 7.91. The number of sulfone groups is 1. The maximum absolute atomic E-state index is 12.4. The molecular formula is C16H22ClN2O3S+. The van der Waals surface area contributed by atoms with E-state index < -0.39 is 9.84 Å². The highest BCUT2D eigenvalue weighted by atomic mass is 35.5. The number of hydrogen-bond donors (Lipinski definition) is 1. The molecule has 0 aliphatic carbocycles. The lowest BCUT2D eigenvalue weighted by atomic mass is 10.1. The first-order chi connectivity index (χ1) is 10.9. The molecule has 0 radical (unpaired) electrons. The quantitative estimate of drug-likeness (QED) is 0.815. The van der Waals surface area contributed by atoms with E-state index in [1.54, 1.807) is 12.1 Å². The zero-order valence-corrected chi connectivity index (χ0v) is 14.6. The second-order valence-electron chi connectivity index (χ2n) is 6.44. The summed E-state index contributed by atoms with van der Waals surface area (Å²) in [7, 11) is -2.83. The largest absolute Gasteiger partial charge is 0.331 e. The van der Waals surface area contributed by atoms with E-state index in [1.165, 1.54) is 4.90 Å². The highest BCUT2D eigenvalue weighted by Crippen LogP contribution is 2.12. The van der Waals surface area contributed by atoms with Crippen LogP contribution in [-0.2, 0) is 21.1 Å². The van der Waals surface area contributed by atoms with Crippen LogP contribution in [0.25, 0.3) is 0 Å². The lowest BCUT2D eigenvalue weighted by Gasteiger charge is -2.35. The average Bonchev–Trinajstić information content (AvgIpc) is 2.90. The molecule has 0 spiro atoms. The van der Waals surface area contributed by atoms with Gasteiger partial charge in [0.1, 0.15) is 11.8 Å². The van der Waals surface area contributed by atoms with Gasteiger partial charge in [-0.15, -0.1) is 0 Å². The van der Waals surface area contributed by atoms with Crippen LogP contribution >= 0.6 is 11.6 Å². The number of hydrogen-bond acceptors (Lipinski definition) is 3. The predicted molar refractivity (Wildman–Crippen MR) is 89.5 cm³/mol. The number of rotatable bonds is 3. The van der Waals surface area contributed by atoms with Crippen molar-refractivity contribution in [3.8, 4) is 0 Å². The van der Waals surface area contributed by atoms with Crippen LogP contribution in [-0.4, -0.2) is 63.0 Å². The fourth-order valence-electron chi connectivity index (χ4n) is 3.46. The third-order valence-corrected chi connectivity index (χ3v) is 6.86. The van der Waals surface area contributed by atoms with Crippen LogP contribution in [0.15, 0.2) is 24.3 Å². The Morgan fingerprint density at radius 2 is 1.87 bits per heavy atom. The number of quaternary nitrogens is 1. The second-order valence-corrected chi connectivity index (χ2v) is 9.11. The van der Waals surface area contributed by atoms with Crippen molar-refractivity contribution in [3.05, 3.63) is 34.9 Å². The molecule has 0 bridgehead atoms. The average molecular weight is 358 g/mol. The van der Waals surface area contributed by atoms with Crippen LogP contribution in [0.3, 0.4) is 0 Å². The third kappa shape index (κ3) is 4.25. The summed E-state index contributed by atoms with van der Waals surface area (Å²) in [4.78, 5) is 15.6. The highest BCUT2D eigenvalue weighted by Gasteiger charge is 2.37. The van der Waals surface area contributed by atoms with Gasteiger partial charge >= 0.3 is 0 Å². The van der Waals surface area contributed by atoms with Crippen LogP contribution in [0.5, 0.6) is 0 Å². The van der Waals surface area contributed by atoms with Gasteiger partial charge < -0.3 is 9.80 Å². The van der Waals surface area contributed by atoms with Crippen molar-refractivity contribution in [2.75, 3.05) is 37.7 Å². The van der Waals surface area contributed by atoms with E-state index in [0.29, 0.717) is 36.0 Å². The third-order valence-electron chi connectivity index (χ3n) is 4.84. The summed E-state index contributed by atoms with van der Waals surface area (Å²) in [6.45, 7) is 3.09. The summed E-state index contributed by atoms with van der Waals surface area (Å²) < 4.78 is 23.2. The summed E-state index contributed by atoms with van der Waals surface area (Å²) >= 11 is 5.85. The smallest absolute Gasteiger partial charge is 0.227 e. The van der Waals surface area contributed by atoms with E-state index in [2.05, 4.69) is 0 Å². The molecule has 2 aliphatic rings. The minimum atomic E-state index is -2.83. The number of carbonyl (C=O) groups excluding carboxylic acids is 1. The normalized spacial score (nSPS) is 24.7. The summed E-state index contributed by atoms with van der Waals surface area (Å²) in [5.74, 6) is 0.756. The minimum Gasteiger partial charge on any atom is -0.331 e. The molecule has 2 fully saturated rings. The predicted octanol–water partition coefficient (Wildman–Crippen LogP) is -0.203. The monoisotopic (exact) mass is 357 g/mol. The van der Waals surface area contributed by atoms with E-state index in [1.807, 2.05) is 17.0 Å².